The standard InChI is InChI=1S/C39H51ClN8O8/c1-20(2)15-29-36(53)47-32(22(4)49)38(55)46-30(16-23-9-6-5-7-10-23)39(56)48-19-25(43-35(52)28-14-13-24(40)18-41-28)17-31(48)37(54)42-21(3)33(50)44-27-12-8-11-26(27)34(51)45-29/h5-7,9-10,13-14,18,20-22,25-27,29-32,49H,8,11-12,15-17,19H2,1-4H3,(H,42,54)(H,43,52)(H,44,50)(H,45,51)(H,46,55)(H,47,53)/t21-,22+,25+,26+,27+,29-,30-,31?,32-/m0/s1. The third-order valence-corrected chi connectivity index (χ3v) is 10.6. The molecule has 0 spiro atoms. The quantitative estimate of drug-likeness (QED) is 0.205. The average molecular weight is 795 g/mol. The summed E-state index contributed by atoms with van der Waals surface area (Å²) in [6, 6.07) is 4.27. The summed E-state index contributed by atoms with van der Waals surface area (Å²) >= 11 is 5.95. The number of fused-ring (bicyclic) bond motifs is 2. The van der Waals surface area contributed by atoms with Crippen LogP contribution in [0.15, 0.2) is 48.7 Å². The van der Waals surface area contributed by atoms with Crippen LogP contribution in [-0.4, -0.2) is 111 Å². The molecule has 0 radical (unpaired) electrons. The zero-order chi connectivity index (χ0) is 40.7. The maximum atomic E-state index is 14.6. The molecule has 302 valence electrons. The van der Waals surface area contributed by atoms with Gasteiger partial charge >= 0.3 is 0 Å². The molecule has 1 saturated carbocycles. The Labute approximate surface area is 330 Å². The van der Waals surface area contributed by atoms with Crippen LogP contribution in [0.5, 0.6) is 0 Å². The van der Waals surface area contributed by atoms with E-state index in [0.29, 0.717) is 29.8 Å². The molecule has 3 aliphatic rings. The van der Waals surface area contributed by atoms with Gasteiger partial charge in [-0.1, -0.05) is 62.2 Å². The second-order valence-corrected chi connectivity index (χ2v) is 15.8. The summed E-state index contributed by atoms with van der Waals surface area (Å²) in [5, 5.41) is 27.7. The number of carbonyl (C=O) groups excluding carboxylic acids is 7. The highest BCUT2D eigenvalue weighted by molar-refractivity contribution is 6.30. The Bertz CT molecular complexity index is 1780. The zero-order valence-corrected chi connectivity index (χ0v) is 32.7. The minimum atomic E-state index is -1.53. The number of pyridine rings is 1. The third-order valence-electron chi connectivity index (χ3n) is 10.4. The van der Waals surface area contributed by atoms with Gasteiger partial charge in [0.15, 0.2) is 0 Å². The normalized spacial score (nSPS) is 28.7. The fourth-order valence-electron chi connectivity index (χ4n) is 7.48. The highest BCUT2D eigenvalue weighted by Crippen LogP contribution is 2.27. The van der Waals surface area contributed by atoms with Crippen molar-refractivity contribution in [2.24, 2.45) is 11.8 Å². The Hall–Kier alpha value is -5.09. The van der Waals surface area contributed by atoms with Crippen molar-refractivity contribution < 1.29 is 38.7 Å². The van der Waals surface area contributed by atoms with E-state index < -0.39 is 95.7 Å². The highest BCUT2D eigenvalue weighted by atomic mass is 35.5. The molecule has 2 aromatic rings. The fraction of sp³-hybridized carbons (Fsp3) is 0.538. The van der Waals surface area contributed by atoms with Gasteiger partial charge in [0.25, 0.3) is 5.91 Å². The number of nitrogens with zero attached hydrogens (tertiary/aromatic N) is 2. The summed E-state index contributed by atoms with van der Waals surface area (Å²) in [6.07, 6.45) is 1.63. The van der Waals surface area contributed by atoms with Gasteiger partial charge in [-0.3, -0.25) is 33.6 Å². The van der Waals surface area contributed by atoms with Crippen molar-refractivity contribution in [3.05, 3.63) is 64.9 Å². The predicted octanol–water partition coefficient (Wildman–Crippen LogP) is 0.362. The Morgan fingerprint density at radius 1 is 0.875 bits per heavy atom. The first-order chi connectivity index (χ1) is 26.6. The Morgan fingerprint density at radius 3 is 2.25 bits per heavy atom. The maximum absolute atomic E-state index is 14.6. The van der Waals surface area contributed by atoms with Gasteiger partial charge in [-0.05, 0) is 63.1 Å². The Balaban J connectivity index is 1.51. The number of aliphatic hydroxyl groups is 1. The smallest absolute Gasteiger partial charge is 0.270 e. The van der Waals surface area contributed by atoms with Crippen LogP contribution >= 0.6 is 11.6 Å². The zero-order valence-electron chi connectivity index (χ0n) is 31.9. The highest BCUT2D eigenvalue weighted by Gasteiger charge is 2.45. The van der Waals surface area contributed by atoms with E-state index >= 15 is 0 Å². The summed E-state index contributed by atoms with van der Waals surface area (Å²) in [4.78, 5) is 102. The van der Waals surface area contributed by atoms with E-state index in [2.05, 4.69) is 36.9 Å². The van der Waals surface area contributed by atoms with Gasteiger partial charge in [-0.2, -0.15) is 0 Å². The van der Waals surface area contributed by atoms with Crippen LogP contribution in [0, 0.1) is 11.8 Å². The number of carbonyl (C=O) groups is 7. The van der Waals surface area contributed by atoms with Crippen LogP contribution in [0.1, 0.15) is 75.9 Å². The van der Waals surface area contributed by atoms with E-state index in [4.69, 9.17) is 11.6 Å². The molecule has 7 N–H and O–H groups in total. The summed E-state index contributed by atoms with van der Waals surface area (Å²) in [5.41, 5.74) is 0.727. The number of aliphatic hydroxyl groups excluding tert-OH is 1. The predicted molar refractivity (Wildman–Crippen MR) is 205 cm³/mol. The largest absolute Gasteiger partial charge is 0.391 e. The molecular formula is C39H51ClN8O8. The van der Waals surface area contributed by atoms with Gasteiger partial charge in [0.2, 0.25) is 35.4 Å². The SMILES string of the molecule is CC(C)C[C@@H]1NC(=O)[C@@H]2CCC[C@H]2NC(=O)[C@H](C)NC(=O)C2C[C@@H](NC(=O)c3ccc(Cl)cn3)CN2C(=O)[C@H](Cc2ccccc2)NC(=O)[C@H]([C@@H](C)O)NC1=O. The number of nitrogens with one attached hydrogen (secondary N) is 6. The molecule has 9 atom stereocenters. The Kier molecular flexibility index (Phi) is 14.0. The number of benzene rings is 1. The molecule has 1 aromatic carbocycles. The van der Waals surface area contributed by atoms with Gasteiger partial charge in [0.1, 0.15) is 35.9 Å². The first kappa shape index (κ1) is 42.1. The van der Waals surface area contributed by atoms with E-state index in [9.17, 15) is 38.7 Å². The molecule has 0 bridgehead atoms. The number of amides is 7. The lowest BCUT2D eigenvalue weighted by Gasteiger charge is -2.31. The van der Waals surface area contributed by atoms with Crippen LogP contribution < -0.4 is 31.9 Å². The van der Waals surface area contributed by atoms with E-state index in [0.717, 1.165) is 0 Å². The molecule has 17 heteroatoms. The van der Waals surface area contributed by atoms with E-state index in [1.165, 1.54) is 37.1 Å². The van der Waals surface area contributed by atoms with Crippen molar-refractivity contribution in [1.82, 2.24) is 41.8 Å². The van der Waals surface area contributed by atoms with Crippen molar-refractivity contribution in [2.45, 2.75) is 115 Å². The van der Waals surface area contributed by atoms with Crippen LogP contribution in [-0.2, 0) is 35.2 Å². The molecule has 1 unspecified atom stereocenters. The van der Waals surface area contributed by atoms with Gasteiger partial charge in [-0.15, -0.1) is 0 Å². The van der Waals surface area contributed by atoms with E-state index in [1.807, 2.05) is 13.8 Å². The van der Waals surface area contributed by atoms with Gasteiger partial charge in [0, 0.05) is 31.2 Å². The Morgan fingerprint density at radius 2 is 1.59 bits per heavy atom. The lowest BCUT2D eigenvalue weighted by atomic mass is 9.98. The maximum Gasteiger partial charge on any atom is 0.270 e. The molecular weight excluding hydrogens is 744 g/mol. The van der Waals surface area contributed by atoms with Crippen LogP contribution in [0.2, 0.25) is 5.02 Å². The lowest BCUT2D eigenvalue weighted by Crippen LogP contribution is -2.61. The molecule has 5 rings (SSSR count). The van der Waals surface area contributed by atoms with Crippen LogP contribution in [0.3, 0.4) is 0 Å². The van der Waals surface area contributed by atoms with Crippen molar-refractivity contribution in [3.8, 4) is 0 Å². The van der Waals surface area contributed by atoms with Crippen molar-refractivity contribution >= 4 is 53.0 Å². The molecule has 3 fully saturated rings. The van der Waals surface area contributed by atoms with Crippen molar-refractivity contribution in [2.75, 3.05) is 6.54 Å². The number of aromatic nitrogens is 1. The first-order valence-electron chi connectivity index (χ1n) is 19.1. The number of hydrogen-bond donors (Lipinski definition) is 7. The summed E-state index contributed by atoms with van der Waals surface area (Å²) in [7, 11) is 0. The van der Waals surface area contributed by atoms with Gasteiger partial charge < -0.3 is 41.9 Å². The second kappa shape index (κ2) is 18.7. The monoisotopic (exact) mass is 794 g/mol. The lowest BCUT2D eigenvalue weighted by molar-refractivity contribution is -0.143. The number of rotatable bonds is 7. The summed E-state index contributed by atoms with van der Waals surface area (Å²) in [5.74, 6) is -5.18. The summed E-state index contributed by atoms with van der Waals surface area (Å²) < 4.78 is 0. The first-order valence-corrected chi connectivity index (χ1v) is 19.5. The second-order valence-electron chi connectivity index (χ2n) is 15.3. The molecule has 16 nitrogen and oxygen atoms in total. The summed E-state index contributed by atoms with van der Waals surface area (Å²) in [6.45, 7) is 6.42. The van der Waals surface area contributed by atoms with Crippen molar-refractivity contribution in [1.29, 1.82) is 0 Å². The van der Waals surface area contributed by atoms with Gasteiger partial charge in [-0.25, -0.2) is 4.98 Å². The molecule has 56 heavy (non-hydrogen) atoms. The third kappa shape index (κ3) is 10.6. The minimum absolute atomic E-state index is 0.0317. The van der Waals surface area contributed by atoms with Crippen LogP contribution in [0.4, 0.5) is 0 Å². The van der Waals surface area contributed by atoms with Gasteiger partial charge in [0.05, 0.1) is 17.0 Å². The van der Waals surface area contributed by atoms with E-state index in [1.54, 1.807) is 30.3 Å². The molecule has 7 amide bonds. The fourth-order valence-corrected chi connectivity index (χ4v) is 7.60. The minimum Gasteiger partial charge on any atom is -0.391 e. The number of hydrogen-bond acceptors (Lipinski definition) is 9. The molecule has 2 saturated heterocycles. The van der Waals surface area contributed by atoms with Crippen molar-refractivity contribution in [3.63, 3.8) is 0 Å². The van der Waals surface area contributed by atoms with Crippen LogP contribution in [0.25, 0.3) is 0 Å². The van der Waals surface area contributed by atoms with E-state index in [-0.39, 0.29) is 37.4 Å². The molecule has 2 aliphatic heterocycles. The molecule has 3 heterocycles. The number of halogens is 1. The average Bonchev–Trinajstić information content (AvgIpc) is 3.80. The molecule has 1 aromatic heterocycles. The molecule has 1 aliphatic carbocycles. The topological polar surface area (TPSA) is 228 Å².